The molecule has 0 spiro atoms. The van der Waals surface area contributed by atoms with Crippen LogP contribution in [-0.2, 0) is 20.9 Å². The summed E-state index contributed by atoms with van der Waals surface area (Å²) in [6.45, 7) is 1.65. The number of hydrogen-bond donors (Lipinski definition) is 2. The van der Waals surface area contributed by atoms with Crippen molar-refractivity contribution in [2.75, 3.05) is 45.7 Å². The van der Waals surface area contributed by atoms with E-state index in [2.05, 4.69) is 10.6 Å². The Morgan fingerprint density at radius 2 is 1.93 bits per heavy atom. The van der Waals surface area contributed by atoms with E-state index < -0.39 is 0 Å². The van der Waals surface area contributed by atoms with Gasteiger partial charge in [-0.3, -0.25) is 19.3 Å². The molecule has 2 aromatic rings. The molecule has 3 amide bonds. The van der Waals surface area contributed by atoms with Crippen molar-refractivity contribution >= 4 is 23.4 Å². The summed E-state index contributed by atoms with van der Waals surface area (Å²) in [6, 6.07) is 10.4. The van der Waals surface area contributed by atoms with E-state index in [9.17, 15) is 14.4 Å². The monoisotopic (exact) mass is 414 g/mol. The summed E-state index contributed by atoms with van der Waals surface area (Å²) in [5, 5.41) is 5.57. The number of likely N-dealkylation sites (N-methyl/N-ethyl adjacent to an activating group) is 1. The number of para-hydroxylation sites is 1. The van der Waals surface area contributed by atoms with Gasteiger partial charge in [-0.25, -0.2) is 0 Å². The molecule has 1 aromatic carbocycles. The smallest absolute Gasteiger partial charge is 0.253 e. The van der Waals surface area contributed by atoms with Crippen LogP contribution in [0, 0.1) is 0 Å². The SMILES string of the molecule is CN(C)C(=O)COC1CN(CC(=O)Nc2ccccc2C(=O)NCc2ccco2)C1. The van der Waals surface area contributed by atoms with Crippen LogP contribution in [0.5, 0.6) is 0 Å². The number of furan rings is 1. The van der Waals surface area contributed by atoms with Crippen LogP contribution in [0.15, 0.2) is 47.1 Å². The van der Waals surface area contributed by atoms with Crippen LogP contribution in [0.2, 0.25) is 0 Å². The van der Waals surface area contributed by atoms with Gasteiger partial charge < -0.3 is 24.7 Å². The van der Waals surface area contributed by atoms with Gasteiger partial charge >= 0.3 is 0 Å². The van der Waals surface area contributed by atoms with E-state index in [4.69, 9.17) is 9.15 Å². The van der Waals surface area contributed by atoms with Crippen LogP contribution in [0.25, 0.3) is 0 Å². The van der Waals surface area contributed by atoms with Gasteiger partial charge in [0.25, 0.3) is 5.91 Å². The molecule has 0 radical (unpaired) electrons. The quantitative estimate of drug-likeness (QED) is 0.633. The molecule has 1 aromatic heterocycles. The van der Waals surface area contributed by atoms with Crippen LogP contribution >= 0.6 is 0 Å². The summed E-state index contributed by atoms with van der Waals surface area (Å²) < 4.78 is 10.7. The van der Waals surface area contributed by atoms with Gasteiger partial charge in [0, 0.05) is 27.2 Å². The number of nitrogens with one attached hydrogen (secondary N) is 2. The Hall–Kier alpha value is -3.17. The number of ether oxygens (including phenoxy) is 1. The number of carbonyl (C=O) groups excluding carboxylic acids is 3. The number of rotatable bonds is 9. The van der Waals surface area contributed by atoms with Gasteiger partial charge in [0.2, 0.25) is 11.8 Å². The Kier molecular flexibility index (Phi) is 7.21. The van der Waals surface area contributed by atoms with Crippen LogP contribution < -0.4 is 10.6 Å². The predicted octanol–water partition coefficient (Wildman–Crippen LogP) is 0.937. The van der Waals surface area contributed by atoms with Crippen molar-refractivity contribution in [3.8, 4) is 0 Å². The summed E-state index contributed by atoms with van der Waals surface area (Å²) >= 11 is 0. The van der Waals surface area contributed by atoms with E-state index >= 15 is 0 Å². The van der Waals surface area contributed by atoms with Crippen LogP contribution in [0.3, 0.4) is 0 Å². The number of likely N-dealkylation sites (tertiary alicyclic amines) is 1. The first-order valence-electron chi connectivity index (χ1n) is 9.66. The van der Waals surface area contributed by atoms with Crippen LogP contribution in [0.1, 0.15) is 16.1 Å². The van der Waals surface area contributed by atoms with Crippen molar-refractivity contribution in [1.29, 1.82) is 0 Å². The maximum absolute atomic E-state index is 12.5. The average molecular weight is 414 g/mol. The second-order valence-corrected chi connectivity index (χ2v) is 7.27. The highest BCUT2D eigenvalue weighted by Crippen LogP contribution is 2.17. The summed E-state index contributed by atoms with van der Waals surface area (Å²) in [5.41, 5.74) is 0.828. The van der Waals surface area contributed by atoms with Gasteiger partial charge in [0.1, 0.15) is 12.4 Å². The molecule has 2 heterocycles. The van der Waals surface area contributed by atoms with Gasteiger partial charge in [-0.15, -0.1) is 0 Å². The normalized spacial score (nSPS) is 14.1. The van der Waals surface area contributed by atoms with E-state index in [0.717, 1.165) is 0 Å². The first kappa shape index (κ1) is 21.5. The first-order chi connectivity index (χ1) is 14.4. The van der Waals surface area contributed by atoms with Gasteiger partial charge in [0.15, 0.2) is 0 Å². The minimum atomic E-state index is -0.301. The Balaban J connectivity index is 1.44. The van der Waals surface area contributed by atoms with Crippen LogP contribution in [0.4, 0.5) is 5.69 Å². The molecule has 0 atom stereocenters. The second-order valence-electron chi connectivity index (χ2n) is 7.27. The van der Waals surface area contributed by atoms with Crippen molar-refractivity contribution in [3.05, 3.63) is 54.0 Å². The maximum atomic E-state index is 12.5. The number of anilines is 1. The fraction of sp³-hybridized carbons (Fsp3) is 0.381. The second kappa shape index (κ2) is 10.0. The number of amides is 3. The molecule has 0 aliphatic carbocycles. The zero-order valence-corrected chi connectivity index (χ0v) is 17.1. The molecule has 1 aliphatic rings. The molecular weight excluding hydrogens is 388 g/mol. The number of benzene rings is 1. The summed E-state index contributed by atoms with van der Waals surface area (Å²) in [4.78, 5) is 39.8. The lowest BCUT2D eigenvalue weighted by Crippen LogP contribution is -2.55. The van der Waals surface area contributed by atoms with E-state index in [-0.39, 0.29) is 43.5 Å². The third kappa shape index (κ3) is 5.91. The Morgan fingerprint density at radius 3 is 2.63 bits per heavy atom. The van der Waals surface area contributed by atoms with Gasteiger partial charge in [-0.1, -0.05) is 12.1 Å². The van der Waals surface area contributed by atoms with Gasteiger partial charge in [-0.05, 0) is 24.3 Å². The lowest BCUT2D eigenvalue weighted by atomic mass is 10.1. The third-order valence-electron chi connectivity index (χ3n) is 4.68. The minimum absolute atomic E-state index is 0.0399. The Labute approximate surface area is 175 Å². The summed E-state index contributed by atoms with van der Waals surface area (Å²) in [6.07, 6.45) is 1.49. The highest BCUT2D eigenvalue weighted by molar-refractivity contribution is 6.04. The minimum Gasteiger partial charge on any atom is -0.467 e. The molecule has 0 bridgehead atoms. The Bertz CT molecular complexity index is 875. The zero-order valence-electron chi connectivity index (χ0n) is 17.1. The zero-order chi connectivity index (χ0) is 21.5. The average Bonchev–Trinajstić information content (AvgIpc) is 3.21. The molecule has 9 heteroatoms. The molecule has 9 nitrogen and oxygen atoms in total. The maximum Gasteiger partial charge on any atom is 0.253 e. The van der Waals surface area contributed by atoms with Crippen molar-refractivity contribution in [1.82, 2.24) is 15.1 Å². The topological polar surface area (TPSA) is 104 Å². The van der Waals surface area contributed by atoms with E-state index in [1.807, 2.05) is 4.90 Å². The van der Waals surface area contributed by atoms with Gasteiger partial charge in [0.05, 0.1) is 36.7 Å². The molecular formula is C21H26N4O5. The lowest BCUT2D eigenvalue weighted by molar-refractivity contribution is -0.141. The number of nitrogens with zero attached hydrogens (tertiary/aromatic N) is 2. The fourth-order valence-electron chi connectivity index (χ4n) is 2.93. The van der Waals surface area contributed by atoms with E-state index in [1.54, 1.807) is 56.8 Å². The van der Waals surface area contributed by atoms with Crippen molar-refractivity contribution < 1.29 is 23.5 Å². The fourth-order valence-corrected chi connectivity index (χ4v) is 2.93. The van der Waals surface area contributed by atoms with E-state index in [0.29, 0.717) is 30.1 Å². The molecule has 3 rings (SSSR count). The number of carbonyl (C=O) groups is 3. The molecule has 30 heavy (non-hydrogen) atoms. The molecule has 160 valence electrons. The number of hydrogen-bond acceptors (Lipinski definition) is 6. The van der Waals surface area contributed by atoms with Gasteiger partial charge in [-0.2, -0.15) is 0 Å². The highest BCUT2D eigenvalue weighted by Gasteiger charge is 2.29. The summed E-state index contributed by atoms with van der Waals surface area (Å²) in [5.74, 6) is 0.0363. The predicted molar refractivity (Wildman–Crippen MR) is 110 cm³/mol. The van der Waals surface area contributed by atoms with Crippen LogP contribution in [-0.4, -0.2) is 74.0 Å². The molecule has 0 unspecified atom stereocenters. The van der Waals surface area contributed by atoms with Crippen molar-refractivity contribution in [2.45, 2.75) is 12.6 Å². The molecule has 0 saturated carbocycles. The summed E-state index contributed by atoms with van der Waals surface area (Å²) in [7, 11) is 3.36. The Morgan fingerprint density at radius 1 is 1.17 bits per heavy atom. The largest absolute Gasteiger partial charge is 0.467 e. The molecule has 1 saturated heterocycles. The van der Waals surface area contributed by atoms with Crippen molar-refractivity contribution in [3.63, 3.8) is 0 Å². The van der Waals surface area contributed by atoms with E-state index in [1.165, 1.54) is 4.90 Å². The highest BCUT2D eigenvalue weighted by atomic mass is 16.5. The molecule has 1 fully saturated rings. The lowest BCUT2D eigenvalue weighted by Gasteiger charge is -2.38. The standard InChI is InChI=1S/C21H26N4O5/c1-24(2)20(27)14-30-16-11-25(12-16)13-19(26)23-18-8-4-3-7-17(18)21(28)22-10-15-6-5-9-29-15/h3-9,16H,10-14H2,1-2H3,(H,22,28)(H,23,26). The third-order valence-corrected chi connectivity index (χ3v) is 4.68. The molecule has 1 aliphatic heterocycles. The first-order valence-corrected chi connectivity index (χ1v) is 9.66. The van der Waals surface area contributed by atoms with Crippen molar-refractivity contribution in [2.24, 2.45) is 0 Å². The molecule has 2 N–H and O–H groups in total.